The summed E-state index contributed by atoms with van der Waals surface area (Å²) in [6.45, 7) is 0. The number of nitrogens with one attached hydrogen (secondary N) is 1. The molecule has 1 aromatic heterocycles. The minimum atomic E-state index is -4.16. The van der Waals surface area contributed by atoms with Crippen molar-refractivity contribution in [2.24, 2.45) is 5.92 Å². The SMILES string of the molecule is COc1ccc(-c2cc3c([nH]2)CCC(C(F)(F)F)C3)c(OC)c1OC. The quantitative estimate of drug-likeness (QED) is 0.885. The first-order chi connectivity index (χ1) is 11.9. The molecule has 0 aliphatic heterocycles. The molecule has 1 N–H and O–H groups in total. The first-order valence-corrected chi connectivity index (χ1v) is 7.95. The average molecular weight is 355 g/mol. The molecule has 4 nitrogen and oxygen atoms in total. The van der Waals surface area contributed by atoms with Crippen LogP contribution in [0, 0.1) is 5.92 Å². The maximum Gasteiger partial charge on any atom is 0.392 e. The van der Waals surface area contributed by atoms with Crippen LogP contribution in [0.3, 0.4) is 0 Å². The lowest BCUT2D eigenvalue weighted by Gasteiger charge is -2.24. The Balaban J connectivity index is 2.01. The number of aryl methyl sites for hydroxylation is 1. The van der Waals surface area contributed by atoms with Crippen molar-refractivity contribution in [1.82, 2.24) is 4.98 Å². The Labute approximate surface area is 143 Å². The Morgan fingerprint density at radius 2 is 1.76 bits per heavy atom. The van der Waals surface area contributed by atoms with Crippen LogP contribution in [-0.4, -0.2) is 32.5 Å². The molecular formula is C18H20F3NO3. The third-order valence-electron chi connectivity index (χ3n) is 4.66. The van der Waals surface area contributed by atoms with E-state index in [1.54, 1.807) is 18.2 Å². The summed E-state index contributed by atoms with van der Waals surface area (Å²) in [5, 5.41) is 0. The van der Waals surface area contributed by atoms with Crippen molar-refractivity contribution >= 4 is 0 Å². The van der Waals surface area contributed by atoms with Crippen LogP contribution in [0.4, 0.5) is 13.2 Å². The summed E-state index contributed by atoms with van der Waals surface area (Å²) in [6, 6.07) is 5.32. The normalized spacial score (nSPS) is 17.1. The molecule has 1 heterocycles. The summed E-state index contributed by atoms with van der Waals surface area (Å²) >= 11 is 0. The van der Waals surface area contributed by atoms with E-state index in [1.807, 2.05) is 0 Å². The van der Waals surface area contributed by atoms with E-state index >= 15 is 0 Å². The van der Waals surface area contributed by atoms with Gasteiger partial charge in [0.25, 0.3) is 0 Å². The highest BCUT2D eigenvalue weighted by atomic mass is 19.4. The number of ether oxygens (including phenoxy) is 3. The number of halogens is 3. The van der Waals surface area contributed by atoms with Crippen molar-refractivity contribution in [1.29, 1.82) is 0 Å². The van der Waals surface area contributed by atoms with Gasteiger partial charge in [-0.05, 0) is 43.0 Å². The number of benzene rings is 1. The molecule has 0 fully saturated rings. The predicted octanol–water partition coefficient (Wildman–Crippen LogP) is 4.37. The van der Waals surface area contributed by atoms with Crippen LogP contribution in [0.15, 0.2) is 18.2 Å². The number of hydrogen-bond acceptors (Lipinski definition) is 3. The van der Waals surface area contributed by atoms with Crippen LogP contribution in [-0.2, 0) is 12.8 Å². The molecule has 0 saturated heterocycles. The fraction of sp³-hybridized carbons (Fsp3) is 0.444. The number of alkyl halides is 3. The van der Waals surface area contributed by atoms with Crippen LogP contribution in [0.25, 0.3) is 11.3 Å². The van der Waals surface area contributed by atoms with Gasteiger partial charge in [0.15, 0.2) is 11.5 Å². The molecule has 1 aliphatic carbocycles. The molecule has 0 amide bonds. The van der Waals surface area contributed by atoms with Gasteiger partial charge < -0.3 is 19.2 Å². The van der Waals surface area contributed by atoms with Gasteiger partial charge in [-0.1, -0.05) is 0 Å². The van der Waals surface area contributed by atoms with E-state index in [0.717, 1.165) is 11.3 Å². The number of methoxy groups -OCH3 is 3. The molecule has 7 heteroatoms. The second-order valence-electron chi connectivity index (χ2n) is 6.05. The van der Waals surface area contributed by atoms with E-state index in [1.165, 1.54) is 21.3 Å². The largest absolute Gasteiger partial charge is 0.493 e. The van der Waals surface area contributed by atoms with E-state index in [4.69, 9.17) is 14.2 Å². The van der Waals surface area contributed by atoms with E-state index in [2.05, 4.69) is 4.98 Å². The number of H-pyrrole nitrogens is 1. The van der Waals surface area contributed by atoms with Gasteiger partial charge in [-0.2, -0.15) is 13.2 Å². The Hall–Kier alpha value is -2.31. The first kappa shape index (κ1) is 17.5. The molecule has 0 saturated carbocycles. The molecule has 1 unspecified atom stereocenters. The summed E-state index contributed by atoms with van der Waals surface area (Å²) in [5.41, 5.74) is 3.00. The van der Waals surface area contributed by atoms with Gasteiger partial charge in [0.2, 0.25) is 5.75 Å². The Bertz CT molecular complexity index is 768. The van der Waals surface area contributed by atoms with Crippen LogP contribution in [0.2, 0.25) is 0 Å². The van der Waals surface area contributed by atoms with Gasteiger partial charge in [0.05, 0.1) is 27.2 Å². The summed E-state index contributed by atoms with van der Waals surface area (Å²) < 4.78 is 55.1. The maximum absolute atomic E-state index is 13.0. The highest BCUT2D eigenvalue weighted by Gasteiger charge is 2.41. The molecule has 3 rings (SSSR count). The number of hydrogen-bond donors (Lipinski definition) is 1. The molecule has 0 spiro atoms. The van der Waals surface area contributed by atoms with Gasteiger partial charge in [0, 0.05) is 17.0 Å². The molecule has 1 aliphatic rings. The Morgan fingerprint density at radius 1 is 1.04 bits per heavy atom. The standard InChI is InChI=1S/C18H20F3NO3/c1-23-15-7-5-12(16(24-2)17(15)25-3)14-9-10-8-11(18(19,20)21)4-6-13(10)22-14/h5,7,9,11,22H,4,6,8H2,1-3H3. The highest BCUT2D eigenvalue weighted by molar-refractivity contribution is 5.75. The second-order valence-corrected chi connectivity index (χ2v) is 6.05. The Kier molecular flexibility index (Phi) is 4.58. The summed E-state index contributed by atoms with van der Waals surface area (Å²) in [7, 11) is 4.56. The van der Waals surface area contributed by atoms with Crippen molar-refractivity contribution in [3.05, 3.63) is 29.5 Å². The van der Waals surface area contributed by atoms with E-state index in [0.29, 0.717) is 34.9 Å². The molecule has 25 heavy (non-hydrogen) atoms. The topological polar surface area (TPSA) is 43.5 Å². The summed E-state index contributed by atoms with van der Waals surface area (Å²) in [4.78, 5) is 3.24. The van der Waals surface area contributed by atoms with Crippen LogP contribution in [0.1, 0.15) is 17.7 Å². The zero-order chi connectivity index (χ0) is 18.2. The van der Waals surface area contributed by atoms with Gasteiger partial charge in [-0.25, -0.2) is 0 Å². The van der Waals surface area contributed by atoms with E-state index < -0.39 is 12.1 Å². The van der Waals surface area contributed by atoms with Crippen molar-refractivity contribution in [2.45, 2.75) is 25.4 Å². The molecule has 1 aromatic carbocycles. The molecule has 136 valence electrons. The van der Waals surface area contributed by atoms with Gasteiger partial charge >= 0.3 is 6.18 Å². The van der Waals surface area contributed by atoms with Crippen LogP contribution in [0.5, 0.6) is 17.2 Å². The van der Waals surface area contributed by atoms with Crippen molar-refractivity contribution < 1.29 is 27.4 Å². The maximum atomic E-state index is 13.0. The molecule has 0 radical (unpaired) electrons. The minimum Gasteiger partial charge on any atom is -0.493 e. The molecule has 2 aromatic rings. The number of aromatic amines is 1. The van der Waals surface area contributed by atoms with Gasteiger partial charge in [-0.3, -0.25) is 0 Å². The molecular weight excluding hydrogens is 335 g/mol. The third kappa shape index (κ3) is 3.15. The summed E-state index contributed by atoms with van der Waals surface area (Å²) in [5.74, 6) is 0.170. The van der Waals surface area contributed by atoms with Gasteiger partial charge in [-0.15, -0.1) is 0 Å². The fourth-order valence-electron chi connectivity index (χ4n) is 3.37. The lowest BCUT2D eigenvalue weighted by molar-refractivity contribution is -0.177. The smallest absolute Gasteiger partial charge is 0.392 e. The summed E-state index contributed by atoms with van der Waals surface area (Å²) in [6.07, 6.45) is -3.66. The zero-order valence-corrected chi connectivity index (χ0v) is 14.3. The van der Waals surface area contributed by atoms with Gasteiger partial charge in [0.1, 0.15) is 0 Å². The second kappa shape index (κ2) is 6.54. The van der Waals surface area contributed by atoms with E-state index in [9.17, 15) is 13.2 Å². The monoisotopic (exact) mass is 355 g/mol. The van der Waals surface area contributed by atoms with Crippen LogP contribution < -0.4 is 14.2 Å². The Morgan fingerprint density at radius 3 is 2.36 bits per heavy atom. The van der Waals surface area contributed by atoms with Crippen molar-refractivity contribution in [3.8, 4) is 28.5 Å². The van der Waals surface area contributed by atoms with E-state index in [-0.39, 0.29) is 12.8 Å². The average Bonchev–Trinajstić information content (AvgIpc) is 3.02. The lowest BCUT2D eigenvalue weighted by Crippen LogP contribution is -2.28. The van der Waals surface area contributed by atoms with Crippen molar-refractivity contribution in [2.75, 3.05) is 21.3 Å². The molecule has 0 bridgehead atoms. The zero-order valence-electron chi connectivity index (χ0n) is 14.3. The first-order valence-electron chi connectivity index (χ1n) is 7.95. The lowest BCUT2D eigenvalue weighted by atomic mass is 9.87. The number of rotatable bonds is 4. The number of aromatic nitrogens is 1. The molecule has 1 atom stereocenters. The highest BCUT2D eigenvalue weighted by Crippen LogP contribution is 2.45. The third-order valence-corrected chi connectivity index (χ3v) is 4.66. The van der Waals surface area contributed by atoms with Crippen molar-refractivity contribution in [3.63, 3.8) is 0 Å². The number of fused-ring (bicyclic) bond motifs is 1. The fourth-order valence-corrected chi connectivity index (χ4v) is 3.37. The predicted molar refractivity (Wildman–Crippen MR) is 87.5 cm³/mol. The van der Waals surface area contributed by atoms with Crippen LogP contribution >= 0.6 is 0 Å². The minimum absolute atomic E-state index is 0.00490.